The van der Waals surface area contributed by atoms with Crippen molar-refractivity contribution in [3.05, 3.63) is 103 Å². The average molecular weight is 433 g/mol. The summed E-state index contributed by atoms with van der Waals surface area (Å²) in [7, 11) is 0. The molecule has 0 bridgehead atoms. The van der Waals surface area contributed by atoms with Crippen molar-refractivity contribution in [1.82, 2.24) is 5.32 Å². The molecule has 3 aromatic carbocycles. The Labute approximate surface area is 187 Å². The van der Waals surface area contributed by atoms with Crippen LogP contribution in [0.25, 0.3) is 0 Å². The number of carbonyl (C=O) groups is 1. The van der Waals surface area contributed by atoms with E-state index in [0.717, 1.165) is 17.9 Å². The lowest BCUT2D eigenvalue weighted by molar-refractivity contribution is 0.0974. The smallest absolute Gasteiger partial charge is 0.261 e. The maximum Gasteiger partial charge on any atom is 0.261 e. The first kappa shape index (κ1) is 22.1. The highest BCUT2D eigenvalue weighted by Crippen LogP contribution is 2.19. The van der Waals surface area contributed by atoms with Gasteiger partial charge in [0.2, 0.25) is 0 Å². The number of anilines is 1. The van der Waals surface area contributed by atoms with Crippen molar-refractivity contribution in [2.24, 2.45) is 0 Å². The number of rotatable bonds is 9. The number of nitrogens with one attached hydrogen (secondary N) is 2. The van der Waals surface area contributed by atoms with E-state index >= 15 is 0 Å². The lowest BCUT2D eigenvalue weighted by atomic mass is 10.1. The lowest BCUT2D eigenvalue weighted by Gasteiger charge is -2.13. The Bertz CT molecular complexity index is 1020. The Balaban J connectivity index is 1.54. The Kier molecular flexibility index (Phi) is 8.20. The van der Waals surface area contributed by atoms with Gasteiger partial charge in [0, 0.05) is 12.1 Å². The van der Waals surface area contributed by atoms with Crippen LogP contribution in [0.1, 0.15) is 15.9 Å². The molecule has 1 amide bonds. The molecule has 5 nitrogen and oxygen atoms in total. The van der Waals surface area contributed by atoms with E-state index in [-0.39, 0.29) is 11.0 Å². The number of hydrogen-bond donors (Lipinski definition) is 2. The minimum atomic E-state index is -0.334. The van der Waals surface area contributed by atoms with Crippen LogP contribution in [0.15, 0.2) is 91.5 Å². The van der Waals surface area contributed by atoms with Gasteiger partial charge >= 0.3 is 0 Å². The van der Waals surface area contributed by atoms with Gasteiger partial charge in [-0.15, -0.1) is 0 Å². The molecule has 0 aliphatic heterocycles. The van der Waals surface area contributed by atoms with Gasteiger partial charge in [-0.1, -0.05) is 55.1 Å². The minimum Gasteiger partial charge on any atom is -0.492 e. The molecule has 0 radical (unpaired) electrons. The second kappa shape index (κ2) is 11.5. The van der Waals surface area contributed by atoms with Crippen LogP contribution in [0.4, 0.5) is 5.69 Å². The fourth-order valence-electron chi connectivity index (χ4n) is 2.83. The molecule has 6 heteroatoms. The number of benzene rings is 3. The molecule has 3 rings (SSSR count). The summed E-state index contributed by atoms with van der Waals surface area (Å²) in [6.07, 6.45) is 2.43. The van der Waals surface area contributed by atoms with E-state index < -0.39 is 0 Å². The Morgan fingerprint density at radius 2 is 1.65 bits per heavy atom. The summed E-state index contributed by atoms with van der Waals surface area (Å²) in [5.74, 6) is 0.906. The molecule has 3 aromatic rings. The second-order valence-electron chi connectivity index (χ2n) is 6.61. The molecule has 0 atom stereocenters. The standard InChI is InChI=1S/C25H24N2O3S/c1-2-17-29-21-14-12-20(13-15-21)26-25(31)27-24(28)22-10-6-7-11-23(22)30-18-16-19-8-4-3-5-9-19/h2-15H,1,16-18H2,(H2,26,27,28,31). The fourth-order valence-corrected chi connectivity index (χ4v) is 3.04. The van der Waals surface area contributed by atoms with E-state index in [0.29, 0.717) is 24.5 Å². The van der Waals surface area contributed by atoms with E-state index in [4.69, 9.17) is 21.7 Å². The van der Waals surface area contributed by atoms with Gasteiger partial charge in [-0.25, -0.2) is 0 Å². The van der Waals surface area contributed by atoms with Crippen LogP contribution in [0.2, 0.25) is 0 Å². The topological polar surface area (TPSA) is 59.6 Å². The van der Waals surface area contributed by atoms with Crippen LogP contribution in [-0.2, 0) is 6.42 Å². The number of para-hydroxylation sites is 1. The summed E-state index contributed by atoms with van der Waals surface area (Å²) in [5.41, 5.74) is 2.34. The molecule has 0 aliphatic rings. The molecule has 2 N–H and O–H groups in total. The third-order valence-corrected chi connectivity index (χ3v) is 4.53. The van der Waals surface area contributed by atoms with E-state index in [1.54, 1.807) is 24.3 Å². The molecular formula is C25H24N2O3S. The molecular weight excluding hydrogens is 408 g/mol. The van der Waals surface area contributed by atoms with Crippen LogP contribution < -0.4 is 20.1 Å². The Hall–Kier alpha value is -3.64. The summed E-state index contributed by atoms with van der Waals surface area (Å²) in [6, 6.07) is 24.4. The molecule has 0 saturated carbocycles. The highest BCUT2D eigenvalue weighted by molar-refractivity contribution is 7.80. The van der Waals surface area contributed by atoms with Gasteiger partial charge in [0.25, 0.3) is 5.91 Å². The molecule has 158 valence electrons. The number of ether oxygens (including phenoxy) is 2. The maximum atomic E-state index is 12.7. The van der Waals surface area contributed by atoms with Crippen LogP contribution in [0.3, 0.4) is 0 Å². The minimum absolute atomic E-state index is 0.198. The van der Waals surface area contributed by atoms with Gasteiger partial charge in [0.05, 0.1) is 12.2 Å². The third kappa shape index (κ3) is 6.97. The summed E-state index contributed by atoms with van der Waals surface area (Å²) in [6.45, 7) is 4.53. The average Bonchev–Trinajstić information content (AvgIpc) is 2.79. The monoisotopic (exact) mass is 432 g/mol. The molecule has 0 aliphatic carbocycles. The van der Waals surface area contributed by atoms with Crippen molar-refractivity contribution in [2.45, 2.75) is 6.42 Å². The second-order valence-corrected chi connectivity index (χ2v) is 7.02. The van der Waals surface area contributed by atoms with Crippen molar-refractivity contribution >= 4 is 28.9 Å². The predicted molar refractivity (Wildman–Crippen MR) is 128 cm³/mol. The van der Waals surface area contributed by atoms with Crippen molar-refractivity contribution in [3.8, 4) is 11.5 Å². The van der Waals surface area contributed by atoms with Gasteiger partial charge < -0.3 is 14.8 Å². The van der Waals surface area contributed by atoms with Crippen molar-refractivity contribution < 1.29 is 14.3 Å². The van der Waals surface area contributed by atoms with Gasteiger partial charge in [-0.3, -0.25) is 10.1 Å². The largest absolute Gasteiger partial charge is 0.492 e. The summed E-state index contributed by atoms with van der Waals surface area (Å²) < 4.78 is 11.3. The van der Waals surface area contributed by atoms with Crippen LogP contribution in [0, 0.1) is 0 Å². The highest BCUT2D eigenvalue weighted by Gasteiger charge is 2.13. The zero-order valence-electron chi connectivity index (χ0n) is 17.0. The first-order valence-corrected chi connectivity index (χ1v) is 10.3. The van der Waals surface area contributed by atoms with Crippen molar-refractivity contribution in [3.63, 3.8) is 0 Å². The zero-order valence-corrected chi connectivity index (χ0v) is 17.9. The van der Waals surface area contributed by atoms with E-state index in [9.17, 15) is 4.79 Å². The van der Waals surface area contributed by atoms with Crippen LogP contribution in [0.5, 0.6) is 11.5 Å². The Morgan fingerprint density at radius 1 is 0.935 bits per heavy atom. The van der Waals surface area contributed by atoms with Crippen molar-refractivity contribution in [1.29, 1.82) is 0 Å². The van der Waals surface area contributed by atoms with E-state index in [1.165, 1.54) is 5.56 Å². The maximum absolute atomic E-state index is 12.7. The molecule has 0 heterocycles. The van der Waals surface area contributed by atoms with Crippen LogP contribution in [-0.4, -0.2) is 24.2 Å². The summed E-state index contributed by atoms with van der Waals surface area (Å²) >= 11 is 5.28. The number of carbonyl (C=O) groups excluding carboxylic acids is 1. The van der Waals surface area contributed by atoms with Gasteiger partial charge in [0.15, 0.2) is 5.11 Å². The first-order chi connectivity index (χ1) is 15.2. The molecule has 0 unspecified atom stereocenters. The SMILES string of the molecule is C=CCOc1ccc(NC(=S)NC(=O)c2ccccc2OCCc2ccccc2)cc1. The van der Waals surface area contributed by atoms with Gasteiger partial charge in [0.1, 0.15) is 18.1 Å². The highest BCUT2D eigenvalue weighted by atomic mass is 32.1. The third-order valence-electron chi connectivity index (χ3n) is 4.33. The van der Waals surface area contributed by atoms with Crippen molar-refractivity contribution in [2.75, 3.05) is 18.5 Å². The molecule has 0 spiro atoms. The number of amides is 1. The van der Waals surface area contributed by atoms with Gasteiger partial charge in [-0.05, 0) is 54.2 Å². The number of thiocarbonyl (C=S) groups is 1. The molecule has 0 saturated heterocycles. The van der Waals surface area contributed by atoms with Gasteiger partial charge in [-0.2, -0.15) is 0 Å². The number of hydrogen-bond acceptors (Lipinski definition) is 4. The molecule has 31 heavy (non-hydrogen) atoms. The normalized spacial score (nSPS) is 10.1. The van der Waals surface area contributed by atoms with E-state index in [1.807, 2.05) is 60.7 Å². The summed E-state index contributed by atoms with van der Waals surface area (Å²) in [5, 5.41) is 5.89. The molecule has 0 aromatic heterocycles. The van der Waals surface area contributed by atoms with E-state index in [2.05, 4.69) is 17.2 Å². The lowest BCUT2D eigenvalue weighted by Crippen LogP contribution is -2.34. The quantitative estimate of drug-likeness (QED) is 0.368. The predicted octanol–water partition coefficient (Wildman–Crippen LogP) is 5.00. The molecule has 0 fully saturated rings. The first-order valence-electron chi connectivity index (χ1n) is 9.87. The summed E-state index contributed by atoms with van der Waals surface area (Å²) in [4.78, 5) is 12.7. The van der Waals surface area contributed by atoms with Crippen LogP contribution >= 0.6 is 12.2 Å². The Morgan fingerprint density at radius 3 is 2.39 bits per heavy atom. The zero-order chi connectivity index (χ0) is 21.9. The fraction of sp³-hybridized carbons (Fsp3) is 0.120.